The zero-order valence-corrected chi connectivity index (χ0v) is 11.7. The van der Waals surface area contributed by atoms with Crippen LogP contribution in [-0.4, -0.2) is 16.6 Å². The predicted octanol–water partition coefficient (Wildman–Crippen LogP) is 2.85. The van der Waals surface area contributed by atoms with E-state index in [9.17, 15) is 4.39 Å². The van der Waals surface area contributed by atoms with Crippen LogP contribution in [0.1, 0.15) is 29.9 Å². The third-order valence-electron chi connectivity index (χ3n) is 3.41. The van der Waals surface area contributed by atoms with Crippen LogP contribution in [-0.2, 0) is 13.0 Å². The average Bonchev–Trinajstić information content (AvgIpc) is 2.84. The smallest absolute Gasteiger partial charge is 0.128 e. The maximum absolute atomic E-state index is 14.0. The SMILES string of the molecule is CCn1ccnc1CC(NC)c1ccc(C)cc1F. The molecule has 1 N–H and O–H groups in total. The average molecular weight is 261 g/mol. The van der Waals surface area contributed by atoms with Crippen LogP contribution in [0.5, 0.6) is 0 Å². The quantitative estimate of drug-likeness (QED) is 0.897. The fourth-order valence-corrected chi connectivity index (χ4v) is 2.28. The Hall–Kier alpha value is -1.68. The Kier molecular flexibility index (Phi) is 4.32. The summed E-state index contributed by atoms with van der Waals surface area (Å²) in [7, 11) is 1.85. The van der Waals surface area contributed by atoms with E-state index in [0.29, 0.717) is 12.0 Å². The van der Waals surface area contributed by atoms with Crippen molar-refractivity contribution in [3.63, 3.8) is 0 Å². The Morgan fingerprint density at radius 3 is 2.84 bits per heavy atom. The highest BCUT2D eigenvalue weighted by Gasteiger charge is 2.16. The van der Waals surface area contributed by atoms with Crippen molar-refractivity contribution in [1.82, 2.24) is 14.9 Å². The van der Waals surface area contributed by atoms with Gasteiger partial charge in [-0.2, -0.15) is 0 Å². The van der Waals surface area contributed by atoms with Gasteiger partial charge in [-0.15, -0.1) is 0 Å². The van der Waals surface area contributed by atoms with E-state index in [1.807, 2.05) is 32.3 Å². The molecule has 1 heterocycles. The van der Waals surface area contributed by atoms with Crippen LogP contribution in [0.15, 0.2) is 30.6 Å². The molecule has 0 spiro atoms. The summed E-state index contributed by atoms with van der Waals surface area (Å²) in [5.74, 6) is 0.816. The highest BCUT2D eigenvalue weighted by molar-refractivity contribution is 5.26. The number of likely N-dealkylation sites (N-methyl/N-ethyl adjacent to an activating group) is 1. The predicted molar refractivity (Wildman–Crippen MR) is 74.5 cm³/mol. The van der Waals surface area contributed by atoms with Crippen molar-refractivity contribution in [2.75, 3.05) is 7.05 Å². The van der Waals surface area contributed by atoms with Crippen LogP contribution in [0.4, 0.5) is 4.39 Å². The maximum Gasteiger partial charge on any atom is 0.128 e. The van der Waals surface area contributed by atoms with Gasteiger partial charge in [-0.25, -0.2) is 9.37 Å². The first-order chi connectivity index (χ1) is 9.15. The van der Waals surface area contributed by atoms with Crippen LogP contribution in [0, 0.1) is 12.7 Å². The number of benzene rings is 1. The van der Waals surface area contributed by atoms with Crippen molar-refractivity contribution in [2.45, 2.75) is 32.9 Å². The number of hydrogen-bond donors (Lipinski definition) is 1. The first-order valence-electron chi connectivity index (χ1n) is 6.59. The van der Waals surface area contributed by atoms with Gasteiger partial charge in [0.05, 0.1) is 0 Å². The van der Waals surface area contributed by atoms with Gasteiger partial charge in [0, 0.05) is 37.0 Å². The van der Waals surface area contributed by atoms with Gasteiger partial charge < -0.3 is 9.88 Å². The molecule has 1 aromatic heterocycles. The van der Waals surface area contributed by atoms with Crippen LogP contribution >= 0.6 is 0 Å². The first-order valence-corrected chi connectivity index (χ1v) is 6.59. The molecule has 0 fully saturated rings. The Balaban J connectivity index is 2.25. The van der Waals surface area contributed by atoms with Crippen molar-refractivity contribution in [2.24, 2.45) is 0 Å². The summed E-state index contributed by atoms with van der Waals surface area (Å²) in [5.41, 5.74) is 1.63. The molecule has 0 amide bonds. The highest BCUT2D eigenvalue weighted by atomic mass is 19.1. The minimum atomic E-state index is -0.158. The Bertz CT molecular complexity index is 548. The van der Waals surface area contributed by atoms with E-state index in [1.54, 1.807) is 12.3 Å². The van der Waals surface area contributed by atoms with E-state index in [-0.39, 0.29) is 11.9 Å². The lowest BCUT2D eigenvalue weighted by atomic mass is 10.0. The molecular weight excluding hydrogens is 241 g/mol. The van der Waals surface area contributed by atoms with Gasteiger partial charge in [0.1, 0.15) is 11.6 Å². The van der Waals surface area contributed by atoms with Crippen molar-refractivity contribution in [3.05, 3.63) is 53.4 Å². The minimum Gasteiger partial charge on any atom is -0.335 e. The van der Waals surface area contributed by atoms with Crippen molar-refractivity contribution < 1.29 is 4.39 Å². The number of aromatic nitrogens is 2. The fraction of sp³-hybridized carbons (Fsp3) is 0.400. The van der Waals surface area contributed by atoms with Gasteiger partial charge in [0.25, 0.3) is 0 Å². The van der Waals surface area contributed by atoms with Crippen molar-refractivity contribution in [3.8, 4) is 0 Å². The van der Waals surface area contributed by atoms with Gasteiger partial charge in [-0.3, -0.25) is 0 Å². The number of nitrogens with zero attached hydrogens (tertiary/aromatic N) is 2. The van der Waals surface area contributed by atoms with Crippen LogP contribution in [0.3, 0.4) is 0 Å². The second kappa shape index (κ2) is 5.97. The zero-order chi connectivity index (χ0) is 13.8. The van der Waals surface area contributed by atoms with Gasteiger partial charge in [0.15, 0.2) is 0 Å². The molecule has 0 radical (unpaired) electrons. The molecule has 0 saturated carbocycles. The lowest BCUT2D eigenvalue weighted by Crippen LogP contribution is -2.22. The molecule has 1 aromatic carbocycles. The molecule has 0 saturated heterocycles. The van der Waals surface area contributed by atoms with Crippen molar-refractivity contribution >= 4 is 0 Å². The molecule has 2 rings (SSSR count). The highest BCUT2D eigenvalue weighted by Crippen LogP contribution is 2.21. The van der Waals surface area contributed by atoms with Gasteiger partial charge in [-0.1, -0.05) is 12.1 Å². The second-order valence-electron chi connectivity index (χ2n) is 4.70. The molecule has 1 unspecified atom stereocenters. The lowest BCUT2D eigenvalue weighted by molar-refractivity contribution is 0.514. The zero-order valence-electron chi connectivity index (χ0n) is 11.7. The molecule has 0 bridgehead atoms. The molecular formula is C15H20FN3. The van der Waals surface area contributed by atoms with E-state index < -0.39 is 0 Å². The van der Waals surface area contributed by atoms with Crippen LogP contribution < -0.4 is 5.32 Å². The van der Waals surface area contributed by atoms with Crippen LogP contribution in [0.2, 0.25) is 0 Å². The summed E-state index contributed by atoms with van der Waals surface area (Å²) in [4.78, 5) is 4.35. The van der Waals surface area contributed by atoms with Crippen molar-refractivity contribution in [1.29, 1.82) is 0 Å². The Morgan fingerprint density at radius 2 is 2.21 bits per heavy atom. The normalized spacial score (nSPS) is 12.6. The largest absolute Gasteiger partial charge is 0.335 e. The second-order valence-corrected chi connectivity index (χ2v) is 4.70. The fourth-order valence-electron chi connectivity index (χ4n) is 2.28. The van der Waals surface area contributed by atoms with Crippen LogP contribution in [0.25, 0.3) is 0 Å². The standard InChI is InChI=1S/C15H20FN3/c1-4-19-8-7-18-15(19)10-14(17-3)12-6-5-11(2)9-13(12)16/h5-9,14,17H,4,10H2,1-3H3. The first kappa shape index (κ1) is 13.7. The number of imidazole rings is 1. The summed E-state index contributed by atoms with van der Waals surface area (Å²) >= 11 is 0. The summed E-state index contributed by atoms with van der Waals surface area (Å²) in [6.45, 7) is 4.85. The summed E-state index contributed by atoms with van der Waals surface area (Å²) in [6.07, 6.45) is 4.42. The molecule has 0 aliphatic carbocycles. The van der Waals surface area contributed by atoms with E-state index in [2.05, 4.69) is 21.8 Å². The Morgan fingerprint density at radius 1 is 1.42 bits per heavy atom. The number of halogens is 1. The molecule has 0 aliphatic rings. The van der Waals surface area contributed by atoms with Gasteiger partial charge >= 0.3 is 0 Å². The molecule has 2 aromatic rings. The van der Waals surface area contributed by atoms with E-state index in [4.69, 9.17) is 0 Å². The summed E-state index contributed by atoms with van der Waals surface area (Å²) in [5, 5.41) is 3.17. The monoisotopic (exact) mass is 261 g/mol. The summed E-state index contributed by atoms with van der Waals surface area (Å²) < 4.78 is 16.1. The number of aryl methyl sites for hydroxylation is 2. The molecule has 0 aliphatic heterocycles. The topological polar surface area (TPSA) is 29.9 Å². The Labute approximate surface area is 113 Å². The molecule has 19 heavy (non-hydrogen) atoms. The van der Waals surface area contributed by atoms with Gasteiger partial charge in [-0.05, 0) is 32.5 Å². The van der Waals surface area contributed by atoms with E-state index >= 15 is 0 Å². The van der Waals surface area contributed by atoms with E-state index in [1.165, 1.54) is 0 Å². The molecule has 1 atom stereocenters. The number of hydrogen-bond acceptors (Lipinski definition) is 2. The maximum atomic E-state index is 14.0. The third-order valence-corrected chi connectivity index (χ3v) is 3.41. The number of nitrogens with one attached hydrogen (secondary N) is 1. The lowest BCUT2D eigenvalue weighted by Gasteiger charge is -2.18. The number of rotatable bonds is 5. The molecule has 4 heteroatoms. The van der Waals surface area contributed by atoms with Gasteiger partial charge in [0.2, 0.25) is 0 Å². The van der Waals surface area contributed by atoms with E-state index in [0.717, 1.165) is 17.9 Å². The minimum absolute atomic E-state index is 0.0618. The summed E-state index contributed by atoms with van der Waals surface area (Å²) in [6, 6.07) is 5.31. The molecule has 3 nitrogen and oxygen atoms in total. The molecule has 102 valence electrons. The third kappa shape index (κ3) is 3.01.